The molecule has 0 aliphatic carbocycles. The van der Waals surface area contributed by atoms with Crippen LogP contribution in [0.5, 0.6) is 0 Å². The largest absolute Gasteiger partial charge is 0.309 e. The number of para-hydroxylation sites is 4. The van der Waals surface area contributed by atoms with Crippen molar-refractivity contribution in [2.75, 3.05) is 0 Å². The van der Waals surface area contributed by atoms with Crippen LogP contribution in [-0.4, -0.2) is 9.49 Å². The normalized spacial score (nSPS) is 11.2. The second kappa shape index (κ2) is 8.42. The Labute approximate surface area is 206 Å². The number of aromatic nitrogens is 1. The van der Waals surface area contributed by atoms with E-state index in [9.17, 15) is 10.1 Å². The van der Waals surface area contributed by atoms with Gasteiger partial charge in [-0.05, 0) is 35.9 Å². The van der Waals surface area contributed by atoms with Crippen LogP contribution in [0.25, 0.3) is 49.7 Å². The third-order valence-corrected chi connectivity index (χ3v) is 6.71. The zero-order valence-corrected chi connectivity index (χ0v) is 19.3. The summed E-state index contributed by atoms with van der Waals surface area (Å²) in [5, 5.41) is 14.4. The maximum atomic E-state index is 11.5. The molecule has 5 aromatic carbocycles. The average Bonchev–Trinajstić information content (AvgIpc) is 3.23. The third-order valence-electron chi connectivity index (χ3n) is 6.40. The lowest BCUT2D eigenvalue weighted by molar-refractivity contribution is -0.384. The number of benzene rings is 5. The standard InChI is InChI=1S/C30H19ClN2O2/c31-26-19-20(21-9-1-8-16-30(21)33(34)35)17-18-22(26)23-10-2-5-13-27(23)32-28-14-6-3-11-24(28)25-12-4-7-15-29(25)32/h1-19H. The molecule has 0 radical (unpaired) electrons. The SMILES string of the molecule is O=[N+]([O-])c1ccccc1-c1ccc(-c2ccccc2-n2c3ccccc3c3ccccc32)c(Cl)c1. The van der Waals surface area contributed by atoms with E-state index < -0.39 is 0 Å². The quantitative estimate of drug-likeness (QED) is 0.189. The third kappa shape index (κ3) is 3.47. The molecule has 4 nitrogen and oxygen atoms in total. The number of fused-ring (bicyclic) bond motifs is 3. The van der Waals surface area contributed by atoms with E-state index in [2.05, 4.69) is 65.2 Å². The fourth-order valence-electron chi connectivity index (χ4n) is 4.86. The van der Waals surface area contributed by atoms with E-state index in [1.807, 2.05) is 30.3 Å². The van der Waals surface area contributed by atoms with E-state index in [4.69, 9.17) is 11.6 Å². The Balaban J connectivity index is 1.56. The molecule has 5 heteroatoms. The van der Waals surface area contributed by atoms with Crippen molar-refractivity contribution in [3.63, 3.8) is 0 Å². The minimum Gasteiger partial charge on any atom is -0.309 e. The van der Waals surface area contributed by atoms with Gasteiger partial charge in [0, 0.05) is 33.0 Å². The summed E-state index contributed by atoms with van der Waals surface area (Å²) in [5.74, 6) is 0. The number of halogens is 1. The summed E-state index contributed by atoms with van der Waals surface area (Å²) in [6.07, 6.45) is 0. The van der Waals surface area contributed by atoms with Gasteiger partial charge in [-0.15, -0.1) is 0 Å². The van der Waals surface area contributed by atoms with Crippen molar-refractivity contribution in [2.45, 2.75) is 0 Å². The van der Waals surface area contributed by atoms with E-state index in [0.29, 0.717) is 16.1 Å². The summed E-state index contributed by atoms with van der Waals surface area (Å²) in [6.45, 7) is 0. The van der Waals surface area contributed by atoms with Crippen molar-refractivity contribution in [3.8, 4) is 27.9 Å². The lowest BCUT2D eigenvalue weighted by atomic mass is 9.98. The lowest BCUT2D eigenvalue weighted by Crippen LogP contribution is -1.97. The average molecular weight is 475 g/mol. The van der Waals surface area contributed by atoms with Crippen molar-refractivity contribution < 1.29 is 4.92 Å². The van der Waals surface area contributed by atoms with Crippen LogP contribution < -0.4 is 0 Å². The van der Waals surface area contributed by atoms with Gasteiger partial charge in [0.2, 0.25) is 0 Å². The molecule has 0 spiro atoms. The predicted molar refractivity (Wildman–Crippen MR) is 143 cm³/mol. The van der Waals surface area contributed by atoms with Crippen LogP contribution in [0.2, 0.25) is 5.02 Å². The molecule has 0 amide bonds. The lowest BCUT2D eigenvalue weighted by Gasteiger charge is -2.15. The molecule has 0 unspecified atom stereocenters. The summed E-state index contributed by atoms with van der Waals surface area (Å²) >= 11 is 6.84. The molecule has 0 aliphatic heterocycles. The van der Waals surface area contributed by atoms with Gasteiger partial charge >= 0.3 is 0 Å². The number of hydrogen-bond donors (Lipinski definition) is 0. The Bertz CT molecular complexity index is 1700. The first-order valence-electron chi connectivity index (χ1n) is 11.2. The van der Waals surface area contributed by atoms with Gasteiger partial charge in [0.25, 0.3) is 5.69 Å². The maximum absolute atomic E-state index is 11.5. The summed E-state index contributed by atoms with van der Waals surface area (Å²) in [4.78, 5) is 11.2. The van der Waals surface area contributed by atoms with Gasteiger partial charge in [0.1, 0.15) is 0 Å². The molecule has 6 aromatic rings. The number of nitrogens with zero attached hydrogens (tertiary/aromatic N) is 2. The second-order valence-electron chi connectivity index (χ2n) is 8.36. The molecule has 0 aliphatic rings. The van der Waals surface area contributed by atoms with Crippen molar-refractivity contribution in [3.05, 3.63) is 130 Å². The number of rotatable bonds is 4. The predicted octanol–water partition coefficient (Wildman–Crippen LogP) is 8.68. The van der Waals surface area contributed by atoms with E-state index >= 15 is 0 Å². The first-order chi connectivity index (χ1) is 17.1. The van der Waals surface area contributed by atoms with Crippen LogP contribution in [0.1, 0.15) is 0 Å². The van der Waals surface area contributed by atoms with Crippen LogP contribution in [0.3, 0.4) is 0 Å². The second-order valence-corrected chi connectivity index (χ2v) is 8.76. The van der Waals surface area contributed by atoms with E-state index in [1.165, 1.54) is 16.8 Å². The molecule has 1 aromatic heterocycles. The van der Waals surface area contributed by atoms with Crippen molar-refractivity contribution in [1.82, 2.24) is 4.57 Å². The van der Waals surface area contributed by atoms with Crippen molar-refractivity contribution in [2.24, 2.45) is 0 Å². The number of nitro groups is 1. The molecule has 6 rings (SSSR count). The molecular weight excluding hydrogens is 456 g/mol. The van der Waals surface area contributed by atoms with E-state index in [0.717, 1.165) is 27.8 Å². The van der Waals surface area contributed by atoms with Gasteiger partial charge in [0.15, 0.2) is 0 Å². The van der Waals surface area contributed by atoms with Crippen LogP contribution in [0.4, 0.5) is 5.69 Å². The zero-order chi connectivity index (χ0) is 23.9. The fourth-order valence-corrected chi connectivity index (χ4v) is 5.14. The molecule has 0 N–H and O–H groups in total. The Kier molecular flexibility index (Phi) is 5.09. The zero-order valence-electron chi connectivity index (χ0n) is 18.6. The Morgan fingerprint density at radius 2 is 1.20 bits per heavy atom. The van der Waals surface area contributed by atoms with Crippen molar-refractivity contribution >= 4 is 39.1 Å². The molecule has 0 atom stereocenters. The highest BCUT2D eigenvalue weighted by Gasteiger charge is 2.18. The highest BCUT2D eigenvalue weighted by atomic mass is 35.5. The van der Waals surface area contributed by atoms with Crippen LogP contribution in [0.15, 0.2) is 115 Å². The molecule has 0 fully saturated rings. The molecular formula is C30H19ClN2O2. The minimum absolute atomic E-state index is 0.0574. The number of hydrogen-bond acceptors (Lipinski definition) is 2. The Morgan fingerprint density at radius 1 is 0.629 bits per heavy atom. The molecule has 0 saturated carbocycles. The molecule has 35 heavy (non-hydrogen) atoms. The van der Waals surface area contributed by atoms with Gasteiger partial charge in [0.05, 0.1) is 27.2 Å². The highest BCUT2D eigenvalue weighted by Crippen LogP contribution is 2.40. The van der Waals surface area contributed by atoms with Gasteiger partial charge in [-0.2, -0.15) is 0 Å². The Hall–Kier alpha value is -4.41. The maximum Gasteiger partial charge on any atom is 0.277 e. The Morgan fingerprint density at radius 3 is 1.86 bits per heavy atom. The monoisotopic (exact) mass is 474 g/mol. The summed E-state index contributed by atoms with van der Waals surface area (Å²) in [6, 6.07) is 37.3. The first-order valence-corrected chi connectivity index (χ1v) is 11.6. The summed E-state index contributed by atoms with van der Waals surface area (Å²) in [7, 11) is 0. The fraction of sp³-hybridized carbons (Fsp3) is 0. The smallest absolute Gasteiger partial charge is 0.277 e. The van der Waals surface area contributed by atoms with Gasteiger partial charge in [-0.25, -0.2) is 0 Å². The minimum atomic E-state index is -0.366. The molecule has 0 bridgehead atoms. The van der Waals surface area contributed by atoms with Crippen LogP contribution >= 0.6 is 11.6 Å². The van der Waals surface area contributed by atoms with E-state index in [1.54, 1.807) is 18.2 Å². The van der Waals surface area contributed by atoms with Crippen molar-refractivity contribution in [1.29, 1.82) is 0 Å². The summed E-state index contributed by atoms with van der Waals surface area (Å²) < 4.78 is 2.27. The van der Waals surface area contributed by atoms with Gasteiger partial charge in [-0.1, -0.05) is 90.5 Å². The first kappa shape index (κ1) is 21.1. The van der Waals surface area contributed by atoms with Crippen LogP contribution in [-0.2, 0) is 0 Å². The summed E-state index contributed by atoms with van der Waals surface area (Å²) in [5.41, 5.74) is 6.42. The van der Waals surface area contributed by atoms with Gasteiger partial charge < -0.3 is 4.57 Å². The number of nitro benzene ring substituents is 1. The molecule has 168 valence electrons. The van der Waals surface area contributed by atoms with Crippen LogP contribution in [0, 0.1) is 10.1 Å². The molecule has 0 saturated heterocycles. The van der Waals surface area contributed by atoms with Gasteiger partial charge in [-0.3, -0.25) is 10.1 Å². The topological polar surface area (TPSA) is 48.1 Å². The highest BCUT2D eigenvalue weighted by molar-refractivity contribution is 6.33. The molecule has 1 heterocycles. The van der Waals surface area contributed by atoms with E-state index in [-0.39, 0.29) is 10.6 Å².